The smallest absolute Gasteiger partial charge is 0.242 e. The highest BCUT2D eigenvalue weighted by molar-refractivity contribution is 5.96. The quantitative estimate of drug-likeness (QED) is 0.400. The maximum absolute atomic E-state index is 13.4. The van der Waals surface area contributed by atoms with Crippen molar-refractivity contribution in [2.75, 3.05) is 12.4 Å². The molecule has 2 N–H and O–H groups in total. The molecule has 0 aliphatic heterocycles. The molecule has 4 aromatic rings. The molecule has 0 aliphatic rings. The second-order valence-electron chi connectivity index (χ2n) is 8.11. The van der Waals surface area contributed by atoms with Crippen molar-refractivity contribution in [3.8, 4) is 17.0 Å². The van der Waals surface area contributed by atoms with E-state index < -0.39 is 6.04 Å². The van der Waals surface area contributed by atoms with Crippen LogP contribution in [-0.4, -0.2) is 38.6 Å². The molecule has 0 saturated heterocycles. The first-order valence-corrected chi connectivity index (χ1v) is 11.0. The summed E-state index contributed by atoms with van der Waals surface area (Å²) in [5, 5.41) is 6.37. The van der Waals surface area contributed by atoms with Gasteiger partial charge in [0.1, 0.15) is 5.69 Å². The predicted molar refractivity (Wildman–Crippen MR) is 131 cm³/mol. The third-order valence-corrected chi connectivity index (χ3v) is 5.42. The normalized spacial score (nSPS) is 11.7. The predicted octanol–water partition coefficient (Wildman–Crippen LogP) is 3.53. The second-order valence-corrected chi connectivity index (χ2v) is 8.11. The van der Waals surface area contributed by atoms with Crippen LogP contribution in [0.4, 0.5) is 5.69 Å². The Bertz CT molecular complexity index is 1260. The average Bonchev–Trinajstić information content (AvgIpc) is 3.27. The van der Waals surface area contributed by atoms with Gasteiger partial charge in [0, 0.05) is 43.4 Å². The minimum atomic E-state index is -0.485. The van der Waals surface area contributed by atoms with E-state index in [-0.39, 0.29) is 5.91 Å². The Labute approximate surface area is 199 Å². The number of benzene rings is 1. The molecule has 0 saturated carbocycles. The van der Waals surface area contributed by atoms with Crippen LogP contribution in [0, 0.1) is 6.92 Å². The van der Waals surface area contributed by atoms with Crippen molar-refractivity contribution < 1.29 is 9.53 Å². The lowest BCUT2D eigenvalue weighted by Gasteiger charge is -2.19. The number of aromatic nitrogens is 4. The molecule has 0 fully saturated rings. The minimum absolute atomic E-state index is 0.178. The number of carbonyl (C=O) groups excluding carboxylic acids is 1. The molecule has 3 aromatic heterocycles. The molecule has 0 spiro atoms. The summed E-state index contributed by atoms with van der Waals surface area (Å²) >= 11 is 0. The fourth-order valence-corrected chi connectivity index (χ4v) is 3.70. The zero-order valence-electron chi connectivity index (χ0n) is 19.5. The summed E-state index contributed by atoms with van der Waals surface area (Å²) in [5.41, 5.74) is 5.16. The third-order valence-electron chi connectivity index (χ3n) is 5.42. The Morgan fingerprint density at radius 1 is 1.09 bits per heavy atom. The van der Waals surface area contributed by atoms with Crippen LogP contribution < -0.4 is 15.4 Å². The van der Waals surface area contributed by atoms with E-state index in [2.05, 4.69) is 25.6 Å². The Kier molecular flexibility index (Phi) is 7.29. The van der Waals surface area contributed by atoms with Crippen LogP contribution in [0.1, 0.15) is 17.0 Å². The fraction of sp³-hybridized carbons (Fsp3) is 0.231. The van der Waals surface area contributed by atoms with Crippen LogP contribution in [0.3, 0.4) is 0 Å². The highest BCUT2D eigenvalue weighted by Crippen LogP contribution is 2.28. The van der Waals surface area contributed by atoms with Crippen molar-refractivity contribution >= 4 is 11.6 Å². The molecule has 174 valence electrons. The van der Waals surface area contributed by atoms with Crippen molar-refractivity contribution in [1.82, 2.24) is 24.8 Å². The lowest BCUT2D eigenvalue weighted by molar-refractivity contribution is -0.118. The van der Waals surface area contributed by atoms with Gasteiger partial charge in [-0.1, -0.05) is 30.3 Å². The largest absolute Gasteiger partial charge is 0.480 e. The number of ether oxygens (including phenoxy) is 1. The number of aryl methyl sites for hydroxylation is 2. The van der Waals surface area contributed by atoms with Gasteiger partial charge in [0.15, 0.2) is 0 Å². The van der Waals surface area contributed by atoms with Gasteiger partial charge in [0.2, 0.25) is 11.8 Å². The van der Waals surface area contributed by atoms with Gasteiger partial charge in [-0.2, -0.15) is 0 Å². The van der Waals surface area contributed by atoms with E-state index in [1.807, 2.05) is 73.3 Å². The van der Waals surface area contributed by atoms with Crippen LogP contribution in [0.25, 0.3) is 11.1 Å². The first kappa shape index (κ1) is 23.1. The Morgan fingerprint density at radius 3 is 2.62 bits per heavy atom. The molecule has 0 aliphatic carbocycles. The van der Waals surface area contributed by atoms with E-state index in [0.717, 1.165) is 28.1 Å². The molecule has 0 unspecified atom stereocenters. The van der Waals surface area contributed by atoms with E-state index >= 15 is 0 Å². The van der Waals surface area contributed by atoms with Gasteiger partial charge in [-0.15, -0.1) is 0 Å². The number of hydrogen-bond acceptors (Lipinski definition) is 6. The van der Waals surface area contributed by atoms with E-state index in [4.69, 9.17) is 4.74 Å². The van der Waals surface area contributed by atoms with Crippen LogP contribution in [0.5, 0.6) is 5.88 Å². The number of hydrogen-bond donors (Lipinski definition) is 2. The highest BCUT2D eigenvalue weighted by atomic mass is 16.5. The van der Waals surface area contributed by atoms with Crippen LogP contribution in [0.15, 0.2) is 73.4 Å². The number of imidazole rings is 1. The molecule has 1 aromatic carbocycles. The molecule has 8 nitrogen and oxygen atoms in total. The van der Waals surface area contributed by atoms with Crippen LogP contribution in [-0.2, 0) is 24.8 Å². The Balaban J connectivity index is 1.57. The molecule has 4 rings (SSSR count). The number of carbonyl (C=O) groups is 1. The average molecular weight is 457 g/mol. The molecule has 8 heteroatoms. The van der Waals surface area contributed by atoms with Gasteiger partial charge in [0.05, 0.1) is 25.2 Å². The lowest BCUT2D eigenvalue weighted by atomic mass is 10.0. The van der Waals surface area contributed by atoms with Crippen molar-refractivity contribution in [2.24, 2.45) is 7.05 Å². The van der Waals surface area contributed by atoms with E-state index in [9.17, 15) is 4.79 Å². The van der Waals surface area contributed by atoms with Crippen LogP contribution >= 0.6 is 0 Å². The first-order valence-electron chi connectivity index (χ1n) is 11.0. The molecular weight excluding hydrogens is 428 g/mol. The highest BCUT2D eigenvalue weighted by Gasteiger charge is 2.21. The maximum atomic E-state index is 13.4. The van der Waals surface area contributed by atoms with E-state index in [1.54, 1.807) is 18.7 Å². The third kappa shape index (κ3) is 5.85. The number of nitrogens with zero attached hydrogens (tertiary/aromatic N) is 4. The van der Waals surface area contributed by atoms with Crippen LogP contribution in [0.2, 0.25) is 0 Å². The van der Waals surface area contributed by atoms with Gasteiger partial charge in [-0.3, -0.25) is 15.1 Å². The summed E-state index contributed by atoms with van der Waals surface area (Å²) in [6, 6.07) is 15.2. The number of anilines is 1. The topological polar surface area (TPSA) is 94.0 Å². The number of nitrogens with one attached hydrogen (secondary N) is 2. The summed E-state index contributed by atoms with van der Waals surface area (Å²) in [7, 11) is 3.45. The lowest BCUT2D eigenvalue weighted by Crippen LogP contribution is -2.42. The number of amides is 1. The van der Waals surface area contributed by atoms with Gasteiger partial charge >= 0.3 is 0 Å². The molecule has 0 bridgehead atoms. The Morgan fingerprint density at radius 2 is 1.91 bits per heavy atom. The van der Waals surface area contributed by atoms with Gasteiger partial charge in [-0.05, 0) is 42.7 Å². The molecular formula is C26H28N6O2. The molecule has 3 heterocycles. The number of rotatable bonds is 9. The first-order chi connectivity index (χ1) is 16.5. The SMILES string of the molecule is COc1ncc(-c2ccnc(C)c2)cc1NC(=O)[C@H](Cc1ccccc1)NCc1cn(C)cn1. The van der Waals surface area contributed by atoms with E-state index in [1.165, 1.54) is 7.11 Å². The van der Waals surface area contributed by atoms with Gasteiger partial charge in [0.25, 0.3) is 0 Å². The standard InChI is InChI=1S/C26H28N6O2/c1-18-11-20(9-10-27-18)21-13-24(26(34-3)29-14-21)31-25(33)23(12-19-7-5-4-6-8-19)28-15-22-16-32(2)17-30-22/h4-11,13-14,16-17,23,28H,12,15H2,1-3H3,(H,31,33)/t23-/m0/s1. The zero-order valence-corrected chi connectivity index (χ0v) is 19.5. The summed E-state index contributed by atoms with van der Waals surface area (Å²) in [4.78, 5) is 26.4. The molecule has 1 amide bonds. The molecule has 0 radical (unpaired) electrons. The zero-order chi connectivity index (χ0) is 23.9. The number of methoxy groups -OCH3 is 1. The summed E-state index contributed by atoms with van der Waals surface area (Å²) in [6.07, 6.45) is 7.68. The fourth-order valence-electron chi connectivity index (χ4n) is 3.70. The summed E-state index contributed by atoms with van der Waals surface area (Å²) < 4.78 is 7.30. The summed E-state index contributed by atoms with van der Waals surface area (Å²) in [5.74, 6) is 0.175. The molecule has 34 heavy (non-hydrogen) atoms. The van der Waals surface area contributed by atoms with Crippen molar-refractivity contribution in [3.05, 3.63) is 90.4 Å². The monoisotopic (exact) mass is 456 g/mol. The second kappa shape index (κ2) is 10.7. The summed E-state index contributed by atoms with van der Waals surface area (Å²) in [6.45, 7) is 2.40. The van der Waals surface area contributed by atoms with E-state index in [0.29, 0.717) is 24.5 Å². The minimum Gasteiger partial charge on any atom is -0.480 e. The van der Waals surface area contributed by atoms with Crippen molar-refractivity contribution in [1.29, 1.82) is 0 Å². The maximum Gasteiger partial charge on any atom is 0.242 e. The van der Waals surface area contributed by atoms with Crippen molar-refractivity contribution in [3.63, 3.8) is 0 Å². The van der Waals surface area contributed by atoms with Crippen molar-refractivity contribution in [2.45, 2.75) is 25.9 Å². The van der Waals surface area contributed by atoms with Gasteiger partial charge in [-0.25, -0.2) is 9.97 Å². The Hall–Kier alpha value is -4.04. The van der Waals surface area contributed by atoms with Gasteiger partial charge < -0.3 is 14.6 Å². The molecule has 1 atom stereocenters. The number of pyridine rings is 2.